The minimum Gasteiger partial charge on any atom is -0.450 e. The minimum atomic E-state index is -0.513. The number of para-hydroxylation sites is 1. The van der Waals surface area contributed by atoms with Crippen molar-refractivity contribution < 1.29 is 14.3 Å². The molecule has 4 rings (SSSR count). The molecule has 0 spiro atoms. The molecule has 2 amide bonds. The maximum absolute atomic E-state index is 12.8. The topological polar surface area (TPSA) is 84.4 Å². The van der Waals surface area contributed by atoms with E-state index in [0.29, 0.717) is 36.3 Å². The summed E-state index contributed by atoms with van der Waals surface area (Å²) in [6.07, 6.45) is 0.147. The first-order valence-corrected chi connectivity index (χ1v) is 9.84. The summed E-state index contributed by atoms with van der Waals surface area (Å²) in [6, 6.07) is 7.73. The second kappa shape index (κ2) is 7.00. The third-order valence-corrected chi connectivity index (χ3v) is 6.00. The van der Waals surface area contributed by atoms with Crippen molar-refractivity contribution in [2.75, 3.05) is 18.5 Å². The monoisotopic (exact) mass is 388 g/mol. The van der Waals surface area contributed by atoms with Crippen LogP contribution in [-0.4, -0.2) is 40.0 Å². The Hall–Kier alpha value is -2.52. The zero-order chi connectivity index (χ0) is 18.1. The Balaban J connectivity index is 1.50. The van der Waals surface area contributed by atoms with E-state index in [1.165, 1.54) is 22.7 Å². The Kier molecular flexibility index (Phi) is 4.56. The second-order valence-corrected chi connectivity index (χ2v) is 7.81. The highest BCUT2D eigenvalue weighted by Gasteiger charge is 2.27. The summed E-state index contributed by atoms with van der Waals surface area (Å²) in [4.78, 5) is 36.0. The Morgan fingerprint density at radius 3 is 2.92 bits per heavy atom. The van der Waals surface area contributed by atoms with E-state index in [4.69, 9.17) is 4.74 Å². The molecule has 1 aliphatic rings. The molecule has 0 fully saturated rings. The number of fused-ring (bicyclic) bond motifs is 2. The Morgan fingerprint density at radius 1 is 1.27 bits per heavy atom. The van der Waals surface area contributed by atoms with Crippen molar-refractivity contribution in [1.82, 2.24) is 14.9 Å². The van der Waals surface area contributed by atoms with Gasteiger partial charge in [0.05, 0.1) is 29.1 Å². The largest absolute Gasteiger partial charge is 0.450 e. The van der Waals surface area contributed by atoms with Crippen molar-refractivity contribution >= 4 is 50.0 Å². The van der Waals surface area contributed by atoms with Gasteiger partial charge in [-0.05, 0) is 19.1 Å². The molecule has 1 aliphatic heterocycles. The van der Waals surface area contributed by atoms with Crippen LogP contribution in [-0.2, 0) is 17.7 Å². The van der Waals surface area contributed by atoms with E-state index in [1.54, 1.807) is 11.8 Å². The van der Waals surface area contributed by atoms with Crippen LogP contribution in [0.4, 0.5) is 9.93 Å². The van der Waals surface area contributed by atoms with Crippen LogP contribution in [0.25, 0.3) is 10.2 Å². The smallest absolute Gasteiger partial charge is 0.413 e. The molecule has 3 aromatic rings. The molecule has 3 heterocycles. The van der Waals surface area contributed by atoms with E-state index in [0.717, 1.165) is 20.8 Å². The zero-order valence-corrected chi connectivity index (χ0v) is 15.7. The summed E-state index contributed by atoms with van der Waals surface area (Å²) in [5.74, 6) is -0.0647. The number of ether oxygens (including phenoxy) is 1. The van der Waals surface area contributed by atoms with Crippen molar-refractivity contribution in [3.63, 3.8) is 0 Å². The Labute approximate surface area is 157 Å². The molecule has 26 heavy (non-hydrogen) atoms. The summed E-state index contributed by atoms with van der Waals surface area (Å²) in [5, 5.41) is 3.63. The first kappa shape index (κ1) is 16.9. The molecule has 1 N–H and O–H groups in total. The van der Waals surface area contributed by atoms with Crippen molar-refractivity contribution in [2.24, 2.45) is 0 Å². The molecule has 0 atom stereocenters. The highest BCUT2D eigenvalue weighted by molar-refractivity contribution is 7.20. The fourth-order valence-electron chi connectivity index (χ4n) is 2.78. The Bertz CT molecular complexity index is 948. The van der Waals surface area contributed by atoms with Gasteiger partial charge in [0.15, 0.2) is 10.1 Å². The summed E-state index contributed by atoms with van der Waals surface area (Å²) in [5.41, 5.74) is 1.77. The molecule has 0 aliphatic carbocycles. The van der Waals surface area contributed by atoms with Gasteiger partial charge in [0, 0.05) is 17.8 Å². The minimum absolute atomic E-state index is 0.0647. The van der Waals surface area contributed by atoms with E-state index >= 15 is 0 Å². The van der Waals surface area contributed by atoms with E-state index in [9.17, 15) is 9.59 Å². The predicted molar refractivity (Wildman–Crippen MR) is 101 cm³/mol. The van der Waals surface area contributed by atoms with Crippen molar-refractivity contribution in [3.05, 3.63) is 39.8 Å². The first-order valence-electron chi connectivity index (χ1n) is 8.21. The highest BCUT2D eigenvalue weighted by Crippen LogP contribution is 2.30. The van der Waals surface area contributed by atoms with Crippen LogP contribution < -0.4 is 5.32 Å². The quantitative estimate of drug-likeness (QED) is 0.742. The van der Waals surface area contributed by atoms with Crippen molar-refractivity contribution in [2.45, 2.75) is 19.9 Å². The number of carbonyl (C=O) groups is 2. The molecule has 9 heteroatoms. The van der Waals surface area contributed by atoms with Gasteiger partial charge in [-0.1, -0.05) is 23.5 Å². The van der Waals surface area contributed by atoms with E-state index in [2.05, 4.69) is 15.3 Å². The van der Waals surface area contributed by atoms with Crippen molar-refractivity contribution in [3.8, 4) is 0 Å². The number of aromatic nitrogens is 2. The van der Waals surface area contributed by atoms with Gasteiger partial charge in [-0.3, -0.25) is 10.1 Å². The lowest BCUT2D eigenvalue weighted by Crippen LogP contribution is -2.35. The molecule has 0 saturated heterocycles. The summed E-state index contributed by atoms with van der Waals surface area (Å²) >= 11 is 2.79. The van der Waals surface area contributed by atoms with Gasteiger partial charge in [0.2, 0.25) is 0 Å². The van der Waals surface area contributed by atoms with Crippen LogP contribution >= 0.6 is 22.7 Å². The lowest BCUT2D eigenvalue weighted by atomic mass is 10.2. The number of amides is 2. The average molecular weight is 388 g/mol. The van der Waals surface area contributed by atoms with Crippen LogP contribution in [0.15, 0.2) is 24.3 Å². The number of carbonyl (C=O) groups excluding carboxylic acids is 2. The fraction of sp³-hybridized carbons (Fsp3) is 0.294. The van der Waals surface area contributed by atoms with E-state index < -0.39 is 6.09 Å². The van der Waals surface area contributed by atoms with Crippen LogP contribution in [0.2, 0.25) is 0 Å². The number of rotatable bonds is 3. The van der Waals surface area contributed by atoms with Gasteiger partial charge < -0.3 is 9.64 Å². The normalized spacial score (nSPS) is 13.5. The van der Waals surface area contributed by atoms with Gasteiger partial charge in [0.25, 0.3) is 5.91 Å². The van der Waals surface area contributed by atoms with Crippen LogP contribution in [0, 0.1) is 0 Å². The number of nitrogens with one attached hydrogen (secondary N) is 1. The summed E-state index contributed by atoms with van der Waals surface area (Å²) in [6.45, 7) is 3.12. The third-order valence-electron chi connectivity index (χ3n) is 3.98. The molecule has 0 saturated carbocycles. The standard InChI is InChI=1S/C17H16N4O3S2/c1-2-24-17(23)20-16-19-11-7-8-21(9-13(11)26-16)15(22)14-18-10-5-3-4-6-12(10)25-14/h3-6H,2,7-9H2,1H3,(H,19,20,23). The molecule has 0 radical (unpaired) electrons. The molecule has 0 unspecified atom stereocenters. The molecule has 1 aromatic carbocycles. The van der Waals surface area contributed by atoms with Gasteiger partial charge in [-0.2, -0.15) is 0 Å². The molecule has 0 bridgehead atoms. The van der Waals surface area contributed by atoms with Crippen LogP contribution in [0.1, 0.15) is 27.3 Å². The summed E-state index contributed by atoms with van der Waals surface area (Å²) < 4.78 is 5.88. The van der Waals surface area contributed by atoms with Crippen LogP contribution in [0.3, 0.4) is 0 Å². The lowest BCUT2D eigenvalue weighted by molar-refractivity contribution is 0.0736. The number of hydrogen-bond donors (Lipinski definition) is 1. The van der Waals surface area contributed by atoms with E-state index in [1.807, 2.05) is 24.3 Å². The number of thiazole rings is 2. The highest BCUT2D eigenvalue weighted by atomic mass is 32.1. The summed E-state index contributed by atoms with van der Waals surface area (Å²) in [7, 11) is 0. The fourth-order valence-corrected chi connectivity index (χ4v) is 4.72. The number of nitrogens with zero attached hydrogens (tertiary/aromatic N) is 3. The van der Waals surface area contributed by atoms with E-state index in [-0.39, 0.29) is 5.91 Å². The lowest BCUT2D eigenvalue weighted by Gasteiger charge is -2.25. The maximum Gasteiger partial charge on any atom is 0.413 e. The van der Waals surface area contributed by atoms with Gasteiger partial charge in [-0.15, -0.1) is 11.3 Å². The Morgan fingerprint density at radius 2 is 2.12 bits per heavy atom. The van der Waals surface area contributed by atoms with Gasteiger partial charge >= 0.3 is 6.09 Å². The molecule has 2 aromatic heterocycles. The molecule has 7 nitrogen and oxygen atoms in total. The second-order valence-electron chi connectivity index (χ2n) is 5.70. The van der Waals surface area contributed by atoms with Crippen molar-refractivity contribution in [1.29, 1.82) is 0 Å². The zero-order valence-electron chi connectivity index (χ0n) is 14.0. The molecular formula is C17H16N4O3S2. The SMILES string of the molecule is CCOC(=O)Nc1nc2c(s1)CN(C(=O)c1nc3ccccc3s1)CC2. The third kappa shape index (κ3) is 3.27. The number of hydrogen-bond acceptors (Lipinski definition) is 7. The number of benzene rings is 1. The molecule has 134 valence electrons. The van der Waals surface area contributed by atoms with Crippen LogP contribution in [0.5, 0.6) is 0 Å². The average Bonchev–Trinajstić information content (AvgIpc) is 3.23. The predicted octanol–water partition coefficient (Wildman–Crippen LogP) is 3.52. The first-order chi connectivity index (χ1) is 12.6. The number of anilines is 1. The van der Waals surface area contributed by atoms with Gasteiger partial charge in [0.1, 0.15) is 0 Å². The maximum atomic E-state index is 12.8. The molecular weight excluding hydrogens is 372 g/mol. The van der Waals surface area contributed by atoms with Gasteiger partial charge in [-0.25, -0.2) is 14.8 Å².